The molecule has 0 saturated carbocycles. The van der Waals surface area contributed by atoms with Crippen LogP contribution in [0.15, 0.2) is 18.2 Å². The van der Waals surface area contributed by atoms with Crippen LogP contribution in [0.1, 0.15) is 17.3 Å². The van der Waals surface area contributed by atoms with E-state index in [-0.39, 0.29) is 11.5 Å². The monoisotopic (exact) mass is 397 g/mol. The van der Waals surface area contributed by atoms with Crippen LogP contribution >= 0.6 is 0 Å². The summed E-state index contributed by atoms with van der Waals surface area (Å²) in [6, 6.07) is 4.54. The zero-order chi connectivity index (χ0) is 11.4. The van der Waals surface area contributed by atoms with Crippen molar-refractivity contribution in [1.29, 1.82) is 0 Å². The number of carboxylic acids is 1. The van der Waals surface area contributed by atoms with Gasteiger partial charge in [-0.2, -0.15) is 0 Å². The van der Waals surface area contributed by atoms with E-state index in [0.717, 1.165) is 0 Å². The first-order chi connectivity index (χ1) is 7.00. The zero-order valence-electron chi connectivity index (χ0n) is 8.19. The van der Waals surface area contributed by atoms with E-state index < -0.39 is 31.0 Å². The molecule has 0 bridgehead atoms. The van der Waals surface area contributed by atoms with Gasteiger partial charge in [0.05, 0.1) is 0 Å². The molecule has 0 spiro atoms. The summed E-state index contributed by atoms with van der Waals surface area (Å²) in [7, 11) is 0. The second-order valence-corrected chi connectivity index (χ2v) is 8.21. The number of carbonyl (C=O) groups excluding carboxylic acids is 1. The predicted octanol–water partition coefficient (Wildman–Crippen LogP) is 0.153. The summed E-state index contributed by atoms with van der Waals surface area (Å²) in [5, 5.41) is 8.88. The van der Waals surface area contributed by atoms with Crippen LogP contribution in [0.2, 0.25) is 0 Å². The molecule has 1 rings (SSSR count). The standard InChI is InChI=1S/C7H6NO2.C2H4O2.Hg/c8-6-3-1-5(2-4-6)7(9)10;1-2(3)4;/h1,3-4H,8H2,(H,9,10);1H3,(H,3,4);/q;;+1/p-1. The molecule has 0 atom stereocenters. The molecule has 76 valence electrons. The van der Waals surface area contributed by atoms with Gasteiger partial charge >= 0.3 is 99.5 Å². The minimum atomic E-state index is -2.13. The zero-order valence-corrected chi connectivity index (χ0v) is 13.7. The Morgan fingerprint density at radius 2 is 2.13 bits per heavy atom. The number of hydrogen-bond acceptors (Lipinski definition) is 4. The summed E-state index contributed by atoms with van der Waals surface area (Å²) in [6.45, 7) is 1.31. The molecule has 1 aromatic rings. The maximum absolute atomic E-state index is 10.8. The Hall–Kier alpha value is -1.10. The van der Waals surface area contributed by atoms with Gasteiger partial charge in [-0.1, -0.05) is 0 Å². The molecule has 6 heteroatoms. The van der Waals surface area contributed by atoms with Crippen molar-refractivity contribution in [3.8, 4) is 0 Å². The van der Waals surface area contributed by atoms with E-state index in [1.54, 1.807) is 6.07 Å². The van der Waals surface area contributed by atoms with Gasteiger partial charge in [-0.15, -0.1) is 0 Å². The van der Waals surface area contributed by atoms with Gasteiger partial charge in [0, 0.05) is 0 Å². The SMILES string of the molecule is CC(=O)[O][Hg][c]1cc(N)ccc1C(=O)O. The Morgan fingerprint density at radius 3 is 2.67 bits per heavy atom. The fraction of sp³-hybridized carbons (Fsp3) is 0.111. The van der Waals surface area contributed by atoms with Crippen molar-refractivity contribution >= 4 is 20.7 Å². The molecular formula is C9H9HgNO4. The van der Waals surface area contributed by atoms with Crippen LogP contribution < -0.4 is 8.81 Å². The number of benzene rings is 1. The average molecular weight is 396 g/mol. The summed E-state index contributed by atoms with van der Waals surface area (Å²) < 4.78 is 5.55. The molecule has 0 unspecified atom stereocenters. The van der Waals surface area contributed by atoms with Crippen molar-refractivity contribution < 1.29 is 42.4 Å². The molecule has 0 radical (unpaired) electrons. The molecule has 1 aromatic carbocycles. The Kier molecular flexibility index (Phi) is 4.08. The first-order valence-corrected chi connectivity index (χ1v) is 9.25. The Bertz CT molecular complexity index is 405. The maximum atomic E-state index is 10.8. The Labute approximate surface area is 99.3 Å². The van der Waals surface area contributed by atoms with Crippen molar-refractivity contribution in [3.05, 3.63) is 23.8 Å². The van der Waals surface area contributed by atoms with Gasteiger partial charge in [-0.25, -0.2) is 0 Å². The molecule has 0 amide bonds. The molecular weight excluding hydrogens is 387 g/mol. The van der Waals surface area contributed by atoms with Crippen molar-refractivity contribution in [2.75, 3.05) is 5.73 Å². The number of anilines is 1. The first-order valence-electron chi connectivity index (χ1n) is 4.25. The van der Waals surface area contributed by atoms with E-state index in [2.05, 4.69) is 0 Å². The number of nitrogen functional groups attached to an aromatic ring is 1. The topological polar surface area (TPSA) is 89.6 Å². The first kappa shape index (κ1) is 12.0. The quantitative estimate of drug-likeness (QED) is 0.562. The summed E-state index contributed by atoms with van der Waals surface area (Å²) in [6.07, 6.45) is 0. The number of carbonyl (C=O) groups is 2. The van der Waals surface area contributed by atoms with E-state index in [1.165, 1.54) is 19.1 Å². The number of aromatic carboxylic acids is 1. The Morgan fingerprint density at radius 1 is 1.47 bits per heavy atom. The van der Waals surface area contributed by atoms with Gasteiger partial charge in [0.1, 0.15) is 0 Å². The Balaban J connectivity index is 2.96. The van der Waals surface area contributed by atoms with E-state index in [9.17, 15) is 9.59 Å². The molecule has 15 heavy (non-hydrogen) atoms. The third-order valence-corrected chi connectivity index (χ3v) is 7.42. The second kappa shape index (κ2) is 5.11. The second-order valence-electron chi connectivity index (χ2n) is 3.00. The van der Waals surface area contributed by atoms with Gasteiger partial charge in [-0.05, 0) is 0 Å². The van der Waals surface area contributed by atoms with Gasteiger partial charge in [0.2, 0.25) is 0 Å². The van der Waals surface area contributed by atoms with Crippen molar-refractivity contribution in [2.24, 2.45) is 0 Å². The van der Waals surface area contributed by atoms with Crippen LogP contribution in [0.4, 0.5) is 5.69 Å². The fourth-order valence-corrected chi connectivity index (χ4v) is 5.41. The third-order valence-electron chi connectivity index (χ3n) is 1.79. The van der Waals surface area contributed by atoms with E-state index in [0.29, 0.717) is 8.76 Å². The molecule has 0 aliphatic rings. The van der Waals surface area contributed by atoms with Crippen LogP contribution in [0.5, 0.6) is 0 Å². The van der Waals surface area contributed by atoms with Gasteiger partial charge in [0.25, 0.3) is 0 Å². The molecule has 0 aliphatic carbocycles. The van der Waals surface area contributed by atoms with Crippen LogP contribution in [-0.4, -0.2) is 17.0 Å². The number of rotatable bonds is 3. The molecule has 5 nitrogen and oxygen atoms in total. The molecule has 0 heterocycles. The molecule has 0 saturated heterocycles. The predicted molar refractivity (Wildman–Crippen MR) is 49.2 cm³/mol. The van der Waals surface area contributed by atoms with Crippen LogP contribution in [0, 0.1) is 0 Å². The molecule has 0 fully saturated rings. The van der Waals surface area contributed by atoms with Crippen molar-refractivity contribution in [2.45, 2.75) is 6.92 Å². The van der Waals surface area contributed by atoms with Crippen molar-refractivity contribution in [3.63, 3.8) is 0 Å². The fourth-order valence-electron chi connectivity index (χ4n) is 1.12. The van der Waals surface area contributed by atoms with Gasteiger partial charge in [-0.3, -0.25) is 0 Å². The van der Waals surface area contributed by atoms with E-state index >= 15 is 0 Å². The average Bonchev–Trinajstić information content (AvgIpc) is 2.14. The molecule has 3 N–H and O–H groups in total. The van der Waals surface area contributed by atoms with E-state index in [4.69, 9.17) is 13.5 Å². The number of nitrogens with two attached hydrogens (primary N) is 1. The number of hydrogen-bond donors (Lipinski definition) is 2. The summed E-state index contributed by atoms with van der Waals surface area (Å²) in [4.78, 5) is 21.5. The molecule has 0 aliphatic heterocycles. The van der Waals surface area contributed by atoms with Crippen molar-refractivity contribution in [1.82, 2.24) is 0 Å². The van der Waals surface area contributed by atoms with Gasteiger partial charge < -0.3 is 0 Å². The minimum absolute atomic E-state index is 0.187. The van der Waals surface area contributed by atoms with Crippen LogP contribution in [0.25, 0.3) is 0 Å². The van der Waals surface area contributed by atoms with Gasteiger partial charge in [0.15, 0.2) is 0 Å². The number of carboxylic acid groups (broad SMARTS) is 1. The van der Waals surface area contributed by atoms with Crippen LogP contribution in [0.3, 0.4) is 0 Å². The van der Waals surface area contributed by atoms with E-state index in [1.807, 2.05) is 0 Å². The summed E-state index contributed by atoms with van der Waals surface area (Å²) in [5.74, 6) is -1.38. The molecule has 0 aromatic heterocycles. The summed E-state index contributed by atoms with van der Waals surface area (Å²) >= 11 is -2.13. The third kappa shape index (κ3) is 3.51. The summed E-state index contributed by atoms with van der Waals surface area (Å²) in [5.41, 5.74) is 6.21. The van der Waals surface area contributed by atoms with Crippen LogP contribution in [-0.2, 0) is 32.5 Å². The normalized spacial score (nSPS) is 9.13.